The third-order valence-corrected chi connectivity index (χ3v) is 8.25. The molecule has 1 rings (SSSR count). The number of aryl methyl sites for hydroxylation is 1. The van der Waals surface area contributed by atoms with Crippen LogP contribution in [0.5, 0.6) is 0 Å². The first-order valence-electron chi connectivity index (χ1n) is 16.6. The van der Waals surface area contributed by atoms with E-state index < -0.39 is 0 Å². The number of nitrogens with zero attached hydrogens (tertiary/aromatic N) is 1. The first kappa shape index (κ1) is 43.4. The molecule has 0 spiro atoms. The fraction of sp³-hybridized carbons (Fsp3) is 0.829. The lowest BCUT2D eigenvalue weighted by atomic mass is 9.78. The molecule has 0 saturated carbocycles. The molecule has 0 radical (unpaired) electrons. The molecule has 0 atom stereocenters. The van der Waals surface area contributed by atoms with Gasteiger partial charge in [-0.1, -0.05) is 131 Å². The summed E-state index contributed by atoms with van der Waals surface area (Å²) in [4.78, 5) is 0. The summed E-state index contributed by atoms with van der Waals surface area (Å²) in [6.07, 6.45) is 21.9. The van der Waals surface area contributed by atoms with Crippen molar-refractivity contribution in [1.82, 2.24) is 0 Å². The molecule has 0 bridgehead atoms. The Morgan fingerprint density at radius 1 is 0.564 bits per heavy atom. The van der Waals surface area contributed by atoms with E-state index in [4.69, 9.17) is 5.73 Å². The van der Waals surface area contributed by atoms with Crippen molar-refractivity contribution in [2.24, 2.45) is 5.73 Å². The van der Waals surface area contributed by atoms with Crippen LogP contribution in [0.4, 0.5) is 0 Å². The Hall–Kier alpha value is -0.0900. The van der Waals surface area contributed by atoms with Crippen molar-refractivity contribution < 1.29 is 21.5 Å². The lowest BCUT2D eigenvalue weighted by Crippen LogP contribution is -3.00. The summed E-state index contributed by atoms with van der Waals surface area (Å²) >= 11 is 0. The summed E-state index contributed by atoms with van der Waals surface area (Å²) in [6, 6.07) is 8.87. The molecule has 1 aromatic carbocycles. The highest BCUT2D eigenvalue weighted by Gasteiger charge is 2.28. The maximum atomic E-state index is 6.86. The third kappa shape index (κ3) is 18.9. The molecular formula is C35H70BrClN2. The number of hydrogen-bond acceptors (Lipinski definition) is 1. The molecule has 2 nitrogen and oxygen atoms in total. The van der Waals surface area contributed by atoms with Gasteiger partial charge in [0.15, 0.2) is 0 Å². The Labute approximate surface area is 263 Å². The quantitative estimate of drug-likeness (QED) is 0.129. The van der Waals surface area contributed by atoms with E-state index in [2.05, 4.69) is 72.7 Å². The summed E-state index contributed by atoms with van der Waals surface area (Å²) in [7, 11) is 0. The van der Waals surface area contributed by atoms with Crippen molar-refractivity contribution >= 4 is 12.4 Å². The lowest BCUT2D eigenvalue weighted by Gasteiger charge is -2.39. The first-order valence-corrected chi connectivity index (χ1v) is 16.6. The summed E-state index contributed by atoms with van der Waals surface area (Å²) in [5.74, 6) is 0. The van der Waals surface area contributed by atoms with Crippen molar-refractivity contribution in [3.05, 3.63) is 35.4 Å². The number of hydrogen-bond donors (Lipinski definition) is 1. The van der Waals surface area contributed by atoms with E-state index in [1.54, 1.807) is 0 Å². The Kier molecular flexibility index (Phi) is 31.2. The molecule has 0 aromatic heterocycles. The number of benzene rings is 1. The minimum absolute atomic E-state index is 0. The second kappa shape index (κ2) is 28.0. The van der Waals surface area contributed by atoms with E-state index in [1.165, 1.54) is 138 Å². The Balaban J connectivity index is -0.000000641. The van der Waals surface area contributed by atoms with Gasteiger partial charge >= 0.3 is 0 Å². The molecule has 234 valence electrons. The minimum Gasteiger partial charge on any atom is -1.00 e. The van der Waals surface area contributed by atoms with Gasteiger partial charge in [-0.15, -0.1) is 12.4 Å². The van der Waals surface area contributed by atoms with E-state index in [1.807, 2.05) is 0 Å². The molecule has 1 aromatic rings. The average molecular weight is 634 g/mol. The molecule has 0 amide bonds. The number of rotatable bonds is 22. The third-order valence-electron chi connectivity index (χ3n) is 8.25. The predicted octanol–water partition coefficient (Wildman–Crippen LogP) is 7.99. The van der Waals surface area contributed by atoms with Crippen molar-refractivity contribution in [2.45, 2.75) is 163 Å². The van der Waals surface area contributed by atoms with Crippen LogP contribution in [-0.2, 0) is 12.0 Å². The van der Waals surface area contributed by atoms with Gasteiger partial charge in [0.2, 0.25) is 0 Å². The Morgan fingerprint density at radius 2 is 0.923 bits per heavy atom. The van der Waals surface area contributed by atoms with Crippen LogP contribution in [0, 0.1) is 0 Å². The molecule has 0 aliphatic heterocycles. The molecule has 39 heavy (non-hydrogen) atoms. The summed E-state index contributed by atoms with van der Waals surface area (Å²) in [5, 5.41) is 0. The van der Waals surface area contributed by atoms with E-state index in [9.17, 15) is 0 Å². The highest BCUT2D eigenvalue weighted by molar-refractivity contribution is 5.85. The van der Waals surface area contributed by atoms with Gasteiger partial charge < -0.3 is 27.2 Å². The second-order valence-electron chi connectivity index (χ2n) is 11.8. The van der Waals surface area contributed by atoms with E-state index in [0.717, 1.165) is 12.8 Å². The number of halogens is 2. The maximum Gasteiger partial charge on any atom is 0.0786 e. The maximum absolute atomic E-state index is 6.86. The van der Waals surface area contributed by atoms with Gasteiger partial charge in [0.25, 0.3) is 0 Å². The normalized spacial score (nSPS) is 11.3. The van der Waals surface area contributed by atoms with Crippen LogP contribution in [-0.4, -0.2) is 30.7 Å². The van der Waals surface area contributed by atoms with Gasteiger partial charge in [0.05, 0.1) is 26.2 Å². The molecule has 0 aliphatic carbocycles. The fourth-order valence-corrected chi connectivity index (χ4v) is 5.61. The summed E-state index contributed by atoms with van der Waals surface area (Å²) in [5.41, 5.74) is 9.64. The monoisotopic (exact) mass is 632 g/mol. The van der Waals surface area contributed by atoms with Crippen LogP contribution in [0.25, 0.3) is 0 Å². The molecule has 0 fully saturated rings. The zero-order chi connectivity index (χ0) is 27.8. The number of nitrogens with two attached hydrogens (primary N) is 1. The minimum atomic E-state index is -0.115. The molecule has 0 unspecified atom stereocenters. The summed E-state index contributed by atoms with van der Waals surface area (Å²) < 4.78 is 1.42. The Morgan fingerprint density at radius 3 is 1.28 bits per heavy atom. The van der Waals surface area contributed by atoms with Crippen molar-refractivity contribution in [2.75, 3.05) is 26.2 Å². The SMILES string of the molecule is CCCC[N+](CCCC)(CCCC)CCCC.CCCCc1ccccc1C(N)(CCCC)CCCC.Cl.[Br-]. The van der Waals surface area contributed by atoms with Crippen molar-refractivity contribution in [3.8, 4) is 0 Å². The van der Waals surface area contributed by atoms with Gasteiger partial charge in [-0.25, -0.2) is 0 Å². The summed E-state index contributed by atoms with van der Waals surface area (Å²) in [6.45, 7) is 21.8. The van der Waals surface area contributed by atoms with Gasteiger partial charge in [-0.05, 0) is 62.5 Å². The van der Waals surface area contributed by atoms with E-state index >= 15 is 0 Å². The zero-order valence-corrected chi connectivity index (χ0v) is 29.9. The zero-order valence-electron chi connectivity index (χ0n) is 27.5. The van der Waals surface area contributed by atoms with Crippen LogP contribution in [0.3, 0.4) is 0 Å². The second-order valence-corrected chi connectivity index (χ2v) is 11.8. The fourth-order valence-electron chi connectivity index (χ4n) is 5.61. The van der Waals surface area contributed by atoms with E-state index in [0.29, 0.717) is 0 Å². The van der Waals surface area contributed by atoms with E-state index in [-0.39, 0.29) is 34.9 Å². The van der Waals surface area contributed by atoms with Crippen LogP contribution in [0.1, 0.15) is 162 Å². The van der Waals surface area contributed by atoms with Gasteiger partial charge in [-0.2, -0.15) is 0 Å². The van der Waals surface area contributed by atoms with Gasteiger partial charge in [0, 0.05) is 5.54 Å². The number of quaternary nitrogens is 1. The standard InChI is InChI=1S/C19H33N.C16H36N.BrH.ClH/c1-4-7-12-17-13-10-11-14-18(17)19(20,15-8-5-2)16-9-6-3;1-5-9-13-17(14-10-6-2,15-11-7-3)16-12-8-4;;/h10-11,13-14H,4-9,12,15-16,20H2,1-3H3;5-16H2,1-4H3;2*1H/q;+1;;/p-1. The van der Waals surface area contributed by atoms with Crippen molar-refractivity contribution in [1.29, 1.82) is 0 Å². The first-order chi connectivity index (χ1) is 17.9. The molecule has 0 heterocycles. The largest absolute Gasteiger partial charge is 1.00 e. The lowest BCUT2D eigenvalue weighted by molar-refractivity contribution is -0.929. The van der Waals surface area contributed by atoms with Gasteiger partial charge in [0.1, 0.15) is 0 Å². The molecule has 0 aliphatic rings. The van der Waals surface area contributed by atoms with Gasteiger partial charge in [-0.3, -0.25) is 0 Å². The molecular weight excluding hydrogens is 564 g/mol. The van der Waals surface area contributed by atoms with Crippen LogP contribution < -0.4 is 22.7 Å². The highest BCUT2D eigenvalue weighted by Crippen LogP contribution is 2.33. The predicted molar refractivity (Wildman–Crippen MR) is 177 cm³/mol. The van der Waals surface area contributed by atoms with Crippen LogP contribution in [0.2, 0.25) is 0 Å². The molecule has 2 N–H and O–H groups in total. The molecule has 4 heteroatoms. The Bertz CT molecular complexity index is 591. The van der Waals surface area contributed by atoms with Crippen LogP contribution in [0.15, 0.2) is 24.3 Å². The highest BCUT2D eigenvalue weighted by atomic mass is 79.9. The smallest absolute Gasteiger partial charge is 0.0786 e. The average Bonchev–Trinajstić information content (AvgIpc) is 2.93. The number of unbranched alkanes of at least 4 members (excludes halogenated alkanes) is 7. The van der Waals surface area contributed by atoms with Crippen LogP contribution >= 0.6 is 12.4 Å². The van der Waals surface area contributed by atoms with Crippen molar-refractivity contribution in [3.63, 3.8) is 0 Å². The topological polar surface area (TPSA) is 26.0 Å². The molecule has 0 saturated heterocycles.